The van der Waals surface area contributed by atoms with Crippen molar-refractivity contribution >= 4 is 40.2 Å². The Morgan fingerprint density at radius 1 is 1.05 bits per heavy atom. The lowest BCUT2D eigenvalue weighted by Crippen LogP contribution is -2.14. The number of carbonyl (C=O) groups is 2. The van der Waals surface area contributed by atoms with Crippen LogP contribution in [0.1, 0.15) is 20.7 Å². The van der Waals surface area contributed by atoms with Crippen molar-refractivity contribution < 1.29 is 14.7 Å². The Kier molecular flexibility index (Phi) is 4.16. The van der Waals surface area contributed by atoms with Crippen LogP contribution in [0, 0.1) is 3.57 Å². The number of anilines is 1. The van der Waals surface area contributed by atoms with Gasteiger partial charge in [-0.05, 0) is 52.9 Å². The van der Waals surface area contributed by atoms with Crippen molar-refractivity contribution in [1.82, 2.24) is 0 Å². The third kappa shape index (κ3) is 3.31. The highest BCUT2D eigenvalue weighted by Gasteiger charge is 2.13. The van der Waals surface area contributed by atoms with E-state index < -0.39 is 5.97 Å². The zero-order valence-corrected chi connectivity index (χ0v) is 11.9. The standard InChI is InChI=1S/C14H10INO3/c15-10-6-7-12(11(8-10)14(18)19)16-13(17)9-4-2-1-3-5-9/h1-8H,(H,16,17)(H,18,19). The van der Waals surface area contributed by atoms with Crippen LogP contribution in [0.3, 0.4) is 0 Å². The molecule has 2 aromatic rings. The summed E-state index contributed by atoms with van der Waals surface area (Å²) in [6.45, 7) is 0. The Hall–Kier alpha value is -1.89. The minimum absolute atomic E-state index is 0.0798. The van der Waals surface area contributed by atoms with Gasteiger partial charge in [0.2, 0.25) is 0 Å². The van der Waals surface area contributed by atoms with Crippen molar-refractivity contribution in [2.75, 3.05) is 5.32 Å². The minimum atomic E-state index is -1.07. The largest absolute Gasteiger partial charge is 0.478 e. The van der Waals surface area contributed by atoms with Crippen LogP contribution >= 0.6 is 22.6 Å². The number of halogens is 1. The first-order valence-electron chi connectivity index (χ1n) is 5.47. The lowest BCUT2D eigenvalue weighted by molar-refractivity contribution is 0.0698. The van der Waals surface area contributed by atoms with E-state index in [9.17, 15) is 9.59 Å². The summed E-state index contributed by atoms with van der Waals surface area (Å²) < 4.78 is 0.799. The first-order valence-corrected chi connectivity index (χ1v) is 6.55. The molecule has 2 rings (SSSR count). The van der Waals surface area contributed by atoms with Crippen molar-refractivity contribution in [3.63, 3.8) is 0 Å². The maximum absolute atomic E-state index is 12.0. The lowest BCUT2D eigenvalue weighted by Gasteiger charge is -2.08. The second-order valence-electron chi connectivity index (χ2n) is 3.82. The SMILES string of the molecule is O=C(Nc1ccc(I)cc1C(=O)O)c1ccccc1. The van der Waals surface area contributed by atoms with Gasteiger partial charge >= 0.3 is 5.97 Å². The van der Waals surface area contributed by atoms with Gasteiger partial charge in [0.25, 0.3) is 5.91 Å². The van der Waals surface area contributed by atoms with E-state index in [4.69, 9.17) is 5.11 Å². The van der Waals surface area contributed by atoms with Crippen LogP contribution in [0.4, 0.5) is 5.69 Å². The smallest absolute Gasteiger partial charge is 0.337 e. The van der Waals surface area contributed by atoms with Gasteiger partial charge < -0.3 is 10.4 Å². The molecule has 0 saturated carbocycles. The third-order valence-electron chi connectivity index (χ3n) is 2.50. The Bertz CT molecular complexity index is 626. The monoisotopic (exact) mass is 367 g/mol. The number of aromatic carboxylic acids is 1. The molecule has 0 bridgehead atoms. The van der Waals surface area contributed by atoms with E-state index in [0.29, 0.717) is 11.3 Å². The topological polar surface area (TPSA) is 66.4 Å². The average Bonchev–Trinajstić information content (AvgIpc) is 2.41. The molecule has 0 spiro atoms. The van der Waals surface area contributed by atoms with Crippen molar-refractivity contribution in [3.8, 4) is 0 Å². The van der Waals surface area contributed by atoms with Gasteiger partial charge in [0, 0.05) is 9.13 Å². The molecule has 0 heterocycles. The van der Waals surface area contributed by atoms with Crippen LogP contribution in [0.25, 0.3) is 0 Å². The Morgan fingerprint density at radius 2 is 1.74 bits per heavy atom. The van der Waals surface area contributed by atoms with Crippen molar-refractivity contribution in [1.29, 1.82) is 0 Å². The van der Waals surface area contributed by atoms with Gasteiger partial charge in [0.1, 0.15) is 0 Å². The highest BCUT2D eigenvalue weighted by Crippen LogP contribution is 2.19. The molecule has 19 heavy (non-hydrogen) atoms. The highest BCUT2D eigenvalue weighted by atomic mass is 127. The second kappa shape index (κ2) is 5.83. The third-order valence-corrected chi connectivity index (χ3v) is 3.17. The molecule has 0 aliphatic heterocycles. The molecule has 0 atom stereocenters. The van der Waals surface area contributed by atoms with E-state index in [1.54, 1.807) is 36.4 Å². The summed E-state index contributed by atoms with van der Waals surface area (Å²) in [6, 6.07) is 13.5. The van der Waals surface area contributed by atoms with Crippen molar-refractivity contribution in [2.45, 2.75) is 0 Å². The van der Waals surface area contributed by atoms with Gasteiger partial charge in [-0.2, -0.15) is 0 Å². The minimum Gasteiger partial charge on any atom is -0.478 e. The van der Waals surface area contributed by atoms with Crippen molar-refractivity contribution in [2.24, 2.45) is 0 Å². The maximum atomic E-state index is 12.0. The van der Waals surface area contributed by atoms with E-state index in [1.165, 1.54) is 6.07 Å². The van der Waals surface area contributed by atoms with Crippen LogP contribution < -0.4 is 5.32 Å². The molecular weight excluding hydrogens is 357 g/mol. The van der Waals surface area contributed by atoms with E-state index in [0.717, 1.165) is 3.57 Å². The molecule has 2 aromatic carbocycles. The number of carbonyl (C=O) groups excluding carboxylic acids is 1. The molecular formula is C14H10INO3. The first kappa shape index (κ1) is 13.5. The molecule has 0 aromatic heterocycles. The molecule has 0 radical (unpaired) electrons. The van der Waals surface area contributed by atoms with Crippen LogP contribution in [0.15, 0.2) is 48.5 Å². The second-order valence-corrected chi connectivity index (χ2v) is 5.06. The van der Waals surface area contributed by atoms with Crippen LogP contribution in [0.5, 0.6) is 0 Å². The van der Waals surface area contributed by atoms with Gasteiger partial charge in [0.15, 0.2) is 0 Å². The predicted octanol–water partition coefficient (Wildman–Crippen LogP) is 3.24. The van der Waals surface area contributed by atoms with Crippen molar-refractivity contribution in [3.05, 3.63) is 63.2 Å². The number of nitrogens with one attached hydrogen (secondary N) is 1. The van der Waals surface area contributed by atoms with Gasteiger partial charge in [-0.15, -0.1) is 0 Å². The van der Waals surface area contributed by atoms with E-state index in [2.05, 4.69) is 5.32 Å². The Labute approximate surface area is 123 Å². The Morgan fingerprint density at radius 3 is 2.37 bits per heavy atom. The summed E-state index contributed by atoms with van der Waals surface area (Å²) in [5.41, 5.74) is 0.857. The number of hydrogen-bond acceptors (Lipinski definition) is 2. The summed E-state index contributed by atoms with van der Waals surface area (Å²) in [7, 11) is 0. The zero-order chi connectivity index (χ0) is 13.8. The van der Waals surface area contributed by atoms with Gasteiger partial charge in [-0.3, -0.25) is 4.79 Å². The van der Waals surface area contributed by atoms with Gasteiger partial charge in [0.05, 0.1) is 11.3 Å². The number of benzene rings is 2. The number of amides is 1. The van der Waals surface area contributed by atoms with Gasteiger partial charge in [-0.25, -0.2) is 4.79 Å². The fourth-order valence-electron chi connectivity index (χ4n) is 1.59. The van der Waals surface area contributed by atoms with Gasteiger partial charge in [-0.1, -0.05) is 18.2 Å². The fourth-order valence-corrected chi connectivity index (χ4v) is 2.08. The molecule has 0 aliphatic carbocycles. The fraction of sp³-hybridized carbons (Fsp3) is 0. The number of carboxylic acid groups (broad SMARTS) is 1. The number of rotatable bonds is 3. The number of carboxylic acids is 1. The van der Waals surface area contributed by atoms with E-state index >= 15 is 0 Å². The average molecular weight is 367 g/mol. The first-order chi connectivity index (χ1) is 9.08. The number of hydrogen-bond donors (Lipinski definition) is 2. The zero-order valence-electron chi connectivity index (χ0n) is 9.76. The Balaban J connectivity index is 2.29. The molecule has 2 N–H and O–H groups in total. The normalized spacial score (nSPS) is 9.95. The molecule has 0 aliphatic rings. The molecule has 0 unspecified atom stereocenters. The van der Waals surface area contributed by atoms with E-state index in [1.807, 2.05) is 28.7 Å². The quantitative estimate of drug-likeness (QED) is 0.819. The molecule has 5 heteroatoms. The molecule has 4 nitrogen and oxygen atoms in total. The van der Waals surface area contributed by atoms with E-state index in [-0.39, 0.29) is 11.5 Å². The summed E-state index contributed by atoms with van der Waals surface area (Å²) in [4.78, 5) is 23.1. The van der Waals surface area contributed by atoms with Crippen LogP contribution in [-0.2, 0) is 0 Å². The summed E-state index contributed by atoms with van der Waals surface area (Å²) >= 11 is 2.02. The maximum Gasteiger partial charge on any atom is 0.337 e. The molecule has 0 fully saturated rings. The summed E-state index contributed by atoms with van der Waals surface area (Å²) in [6.07, 6.45) is 0. The van der Waals surface area contributed by atoms with Crippen LogP contribution in [-0.4, -0.2) is 17.0 Å². The molecule has 96 valence electrons. The molecule has 1 amide bonds. The molecule has 0 saturated heterocycles. The lowest BCUT2D eigenvalue weighted by atomic mass is 10.1. The summed E-state index contributed by atoms with van der Waals surface area (Å²) in [5.74, 6) is -1.40. The van der Waals surface area contributed by atoms with Crippen LogP contribution in [0.2, 0.25) is 0 Å². The predicted molar refractivity (Wildman–Crippen MR) is 80.5 cm³/mol. The highest BCUT2D eigenvalue weighted by molar-refractivity contribution is 14.1. The summed E-state index contributed by atoms with van der Waals surface area (Å²) in [5, 5.41) is 11.7.